The maximum Gasteiger partial charge on any atom is 0.197 e. The Hall–Kier alpha value is -0.840. The van der Waals surface area contributed by atoms with Crippen molar-refractivity contribution < 1.29 is 8.81 Å². The molecule has 2 rings (SSSR count). The third kappa shape index (κ3) is 2.94. The number of benzene rings is 1. The summed E-state index contributed by atoms with van der Waals surface area (Å²) in [7, 11) is 1.81. The van der Waals surface area contributed by atoms with Crippen molar-refractivity contribution in [2.75, 3.05) is 7.05 Å². The van der Waals surface area contributed by atoms with Crippen molar-refractivity contribution in [2.24, 2.45) is 0 Å². The first-order chi connectivity index (χ1) is 8.61. The summed E-state index contributed by atoms with van der Waals surface area (Å²) in [5.41, 5.74) is 1.47. The van der Waals surface area contributed by atoms with Gasteiger partial charge in [-0.1, -0.05) is 22.0 Å². The first-order valence-electron chi connectivity index (χ1n) is 5.46. The summed E-state index contributed by atoms with van der Waals surface area (Å²) in [4.78, 5) is 0. The van der Waals surface area contributed by atoms with E-state index in [-0.39, 0.29) is 11.9 Å². The molecular weight excluding hydrogens is 321 g/mol. The highest BCUT2D eigenvalue weighted by atomic mass is 79.9. The Labute approximate surface area is 118 Å². The molecule has 0 aliphatic rings. The molecule has 0 amide bonds. The molecule has 0 saturated heterocycles. The smallest absolute Gasteiger partial charge is 0.197 e. The van der Waals surface area contributed by atoms with Crippen LogP contribution in [0, 0.1) is 5.82 Å². The summed E-state index contributed by atoms with van der Waals surface area (Å²) in [6, 6.07) is 6.76. The highest BCUT2D eigenvalue weighted by molar-refractivity contribution is 9.10. The van der Waals surface area contributed by atoms with Crippen molar-refractivity contribution in [3.8, 4) is 0 Å². The number of hydrogen-bond acceptors (Lipinski definition) is 2. The largest absolute Gasteiger partial charge is 0.453 e. The van der Waals surface area contributed by atoms with E-state index in [2.05, 4.69) is 21.2 Å². The van der Waals surface area contributed by atoms with Gasteiger partial charge >= 0.3 is 0 Å². The minimum absolute atomic E-state index is 0.0769. The molecule has 1 N–H and O–H groups in total. The second-order valence-corrected chi connectivity index (χ2v) is 5.19. The van der Waals surface area contributed by atoms with Crippen LogP contribution in [0.5, 0.6) is 0 Å². The highest BCUT2D eigenvalue weighted by Gasteiger charge is 2.17. The van der Waals surface area contributed by atoms with Crippen molar-refractivity contribution in [2.45, 2.75) is 12.5 Å². The molecule has 0 radical (unpaired) electrons. The molecule has 0 aliphatic carbocycles. The molecule has 1 aromatic heterocycles. The Morgan fingerprint density at radius 1 is 1.44 bits per heavy atom. The molecule has 2 nitrogen and oxygen atoms in total. The molecule has 0 aliphatic heterocycles. The normalized spacial score (nSPS) is 12.7. The van der Waals surface area contributed by atoms with Gasteiger partial charge < -0.3 is 9.73 Å². The van der Waals surface area contributed by atoms with E-state index < -0.39 is 0 Å². The van der Waals surface area contributed by atoms with Gasteiger partial charge in [0.1, 0.15) is 5.82 Å². The summed E-state index contributed by atoms with van der Waals surface area (Å²) >= 11 is 9.17. The quantitative estimate of drug-likeness (QED) is 0.901. The lowest BCUT2D eigenvalue weighted by molar-refractivity contribution is 0.532. The van der Waals surface area contributed by atoms with Crippen LogP contribution in [0.15, 0.2) is 39.4 Å². The van der Waals surface area contributed by atoms with E-state index in [0.717, 1.165) is 10.0 Å². The van der Waals surface area contributed by atoms with Gasteiger partial charge in [-0.05, 0) is 48.8 Å². The van der Waals surface area contributed by atoms with Gasteiger partial charge in [-0.2, -0.15) is 0 Å². The van der Waals surface area contributed by atoms with Crippen LogP contribution in [0.4, 0.5) is 4.39 Å². The van der Waals surface area contributed by atoms with Crippen LogP contribution in [0.25, 0.3) is 0 Å². The van der Waals surface area contributed by atoms with E-state index in [9.17, 15) is 4.39 Å². The second-order valence-electron chi connectivity index (χ2n) is 3.93. The van der Waals surface area contributed by atoms with Crippen LogP contribution in [-0.2, 0) is 6.42 Å². The standard InChI is InChI=1S/C13H12BrClFNO/c1-17-12(10-4-5-18-13(10)15)6-8-2-3-9(14)7-11(8)16/h2-5,7,12,17H,6H2,1H3. The SMILES string of the molecule is CNC(Cc1ccc(Br)cc1F)c1ccoc1Cl. The summed E-state index contributed by atoms with van der Waals surface area (Å²) in [5, 5.41) is 3.45. The lowest BCUT2D eigenvalue weighted by Crippen LogP contribution is -2.19. The van der Waals surface area contributed by atoms with Crippen molar-refractivity contribution in [1.82, 2.24) is 5.32 Å². The predicted molar refractivity (Wildman–Crippen MR) is 73.3 cm³/mol. The van der Waals surface area contributed by atoms with Crippen molar-refractivity contribution in [3.05, 3.63) is 57.2 Å². The zero-order valence-corrected chi connectivity index (χ0v) is 12.1. The Kier molecular flexibility index (Phi) is 4.43. The summed E-state index contributed by atoms with van der Waals surface area (Å²) < 4.78 is 19.6. The fourth-order valence-electron chi connectivity index (χ4n) is 1.83. The van der Waals surface area contributed by atoms with Gasteiger partial charge in [-0.15, -0.1) is 0 Å². The molecule has 0 spiro atoms. The Bertz CT molecular complexity index is 544. The minimum atomic E-state index is -0.232. The predicted octanol–water partition coefficient (Wildman–Crippen LogP) is 4.34. The number of likely N-dealkylation sites (N-methyl/N-ethyl adjacent to an activating group) is 1. The van der Waals surface area contributed by atoms with Gasteiger partial charge in [0, 0.05) is 16.1 Å². The van der Waals surface area contributed by atoms with Crippen LogP contribution >= 0.6 is 27.5 Å². The van der Waals surface area contributed by atoms with Gasteiger partial charge in [0.05, 0.1) is 6.26 Å². The maximum atomic E-state index is 13.8. The van der Waals surface area contributed by atoms with Crippen LogP contribution in [0.2, 0.25) is 5.22 Å². The van der Waals surface area contributed by atoms with Gasteiger partial charge in [0.15, 0.2) is 5.22 Å². The van der Waals surface area contributed by atoms with Crippen molar-refractivity contribution in [3.63, 3.8) is 0 Å². The molecule has 96 valence electrons. The molecule has 1 atom stereocenters. The monoisotopic (exact) mass is 331 g/mol. The van der Waals surface area contributed by atoms with E-state index in [1.807, 2.05) is 13.1 Å². The van der Waals surface area contributed by atoms with E-state index in [1.165, 1.54) is 12.3 Å². The Balaban J connectivity index is 2.23. The van der Waals surface area contributed by atoms with Crippen LogP contribution in [0.1, 0.15) is 17.2 Å². The van der Waals surface area contributed by atoms with E-state index in [0.29, 0.717) is 17.2 Å². The molecule has 0 saturated carbocycles. The number of rotatable bonds is 4. The maximum absolute atomic E-state index is 13.8. The van der Waals surface area contributed by atoms with Crippen LogP contribution in [-0.4, -0.2) is 7.05 Å². The fraction of sp³-hybridized carbons (Fsp3) is 0.231. The van der Waals surface area contributed by atoms with E-state index >= 15 is 0 Å². The number of halogens is 3. The topological polar surface area (TPSA) is 25.2 Å². The summed E-state index contributed by atoms with van der Waals surface area (Å²) in [6.45, 7) is 0. The van der Waals surface area contributed by atoms with Crippen LogP contribution in [0.3, 0.4) is 0 Å². The van der Waals surface area contributed by atoms with Crippen molar-refractivity contribution >= 4 is 27.5 Å². The second kappa shape index (κ2) is 5.87. The molecule has 0 bridgehead atoms. The number of furan rings is 1. The highest BCUT2D eigenvalue weighted by Crippen LogP contribution is 2.27. The van der Waals surface area contributed by atoms with Crippen LogP contribution < -0.4 is 5.32 Å². The zero-order valence-electron chi connectivity index (χ0n) is 9.71. The minimum Gasteiger partial charge on any atom is -0.453 e. The molecule has 1 aromatic carbocycles. The van der Waals surface area contributed by atoms with Gasteiger partial charge in [-0.3, -0.25) is 0 Å². The third-order valence-corrected chi connectivity index (χ3v) is 3.61. The molecule has 18 heavy (non-hydrogen) atoms. The Morgan fingerprint density at radius 3 is 2.78 bits per heavy atom. The first kappa shape index (κ1) is 13.6. The van der Waals surface area contributed by atoms with E-state index in [1.54, 1.807) is 12.1 Å². The van der Waals surface area contributed by atoms with Crippen molar-refractivity contribution in [1.29, 1.82) is 0 Å². The van der Waals surface area contributed by atoms with E-state index in [4.69, 9.17) is 16.0 Å². The lowest BCUT2D eigenvalue weighted by atomic mass is 10.0. The van der Waals surface area contributed by atoms with Gasteiger partial charge in [0.25, 0.3) is 0 Å². The average molecular weight is 333 g/mol. The summed E-state index contributed by atoms with van der Waals surface area (Å²) in [5.74, 6) is -0.232. The molecule has 1 unspecified atom stereocenters. The fourth-order valence-corrected chi connectivity index (χ4v) is 2.41. The molecule has 2 aromatic rings. The Morgan fingerprint density at radius 2 is 2.22 bits per heavy atom. The number of hydrogen-bond donors (Lipinski definition) is 1. The van der Waals surface area contributed by atoms with Gasteiger partial charge in [-0.25, -0.2) is 4.39 Å². The number of nitrogens with one attached hydrogen (secondary N) is 1. The van der Waals surface area contributed by atoms with Gasteiger partial charge in [0.2, 0.25) is 0 Å². The first-order valence-corrected chi connectivity index (χ1v) is 6.63. The average Bonchev–Trinajstić information content (AvgIpc) is 2.75. The third-order valence-electron chi connectivity index (χ3n) is 2.81. The summed E-state index contributed by atoms with van der Waals surface area (Å²) in [6.07, 6.45) is 2.04. The molecule has 0 fully saturated rings. The molecule has 5 heteroatoms. The molecular formula is C13H12BrClFNO. The zero-order chi connectivity index (χ0) is 13.1. The molecule has 1 heterocycles. The lowest BCUT2D eigenvalue weighted by Gasteiger charge is -2.15.